The van der Waals surface area contributed by atoms with Crippen molar-refractivity contribution in [3.8, 4) is 5.75 Å². The van der Waals surface area contributed by atoms with Gasteiger partial charge in [0.2, 0.25) is 0 Å². The molecule has 2 rings (SSSR count). The predicted octanol–water partition coefficient (Wildman–Crippen LogP) is 2.85. The quantitative estimate of drug-likeness (QED) is 0.384. The second-order valence-electron chi connectivity index (χ2n) is 5.96. The van der Waals surface area contributed by atoms with Gasteiger partial charge in [-0.15, -0.1) is 24.0 Å². The average Bonchev–Trinajstić information content (AvgIpc) is 3.13. The number of halogens is 1. The molecule has 1 fully saturated rings. The summed E-state index contributed by atoms with van der Waals surface area (Å²) in [6.45, 7) is 6.43. The van der Waals surface area contributed by atoms with Gasteiger partial charge < -0.3 is 15.4 Å². The summed E-state index contributed by atoms with van der Waals surface area (Å²) in [5.74, 6) is 1.74. The zero-order chi connectivity index (χ0) is 16.5. The number of guanidine groups is 1. The first-order chi connectivity index (χ1) is 11.3. The Morgan fingerprint density at radius 1 is 1.21 bits per heavy atom. The summed E-state index contributed by atoms with van der Waals surface area (Å²) < 4.78 is 5.18. The minimum atomic E-state index is 0. The molecular weight excluding hydrogens is 415 g/mol. The summed E-state index contributed by atoms with van der Waals surface area (Å²) in [7, 11) is 3.50. The summed E-state index contributed by atoms with van der Waals surface area (Å²) in [4.78, 5) is 6.91. The second kappa shape index (κ2) is 11.5. The number of likely N-dealkylation sites (tertiary alicyclic amines) is 1. The fourth-order valence-electron chi connectivity index (χ4n) is 3.00. The highest BCUT2D eigenvalue weighted by Crippen LogP contribution is 2.13. The maximum atomic E-state index is 5.18. The lowest BCUT2D eigenvalue weighted by Gasteiger charge is -2.27. The van der Waals surface area contributed by atoms with Crippen molar-refractivity contribution in [1.82, 2.24) is 15.5 Å². The van der Waals surface area contributed by atoms with Gasteiger partial charge in [-0.1, -0.05) is 19.1 Å². The van der Waals surface area contributed by atoms with E-state index in [1.807, 2.05) is 19.2 Å². The molecule has 2 N–H and O–H groups in total. The molecule has 0 radical (unpaired) electrons. The third-order valence-electron chi connectivity index (χ3n) is 4.48. The van der Waals surface area contributed by atoms with Crippen molar-refractivity contribution in [2.24, 2.45) is 4.99 Å². The summed E-state index contributed by atoms with van der Waals surface area (Å²) in [6, 6.07) is 8.69. The Bertz CT molecular complexity index is 486. The first-order valence-corrected chi connectivity index (χ1v) is 8.58. The number of hydrogen-bond donors (Lipinski definition) is 2. The van der Waals surface area contributed by atoms with E-state index >= 15 is 0 Å². The van der Waals surface area contributed by atoms with E-state index < -0.39 is 0 Å². The van der Waals surface area contributed by atoms with Crippen LogP contribution in [0, 0.1) is 0 Å². The molecule has 1 aliphatic rings. The lowest BCUT2D eigenvalue weighted by atomic mass is 10.2. The van der Waals surface area contributed by atoms with Crippen molar-refractivity contribution in [2.45, 2.75) is 38.8 Å². The zero-order valence-electron chi connectivity index (χ0n) is 15.0. The minimum absolute atomic E-state index is 0. The highest BCUT2D eigenvalue weighted by molar-refractivity contribution is 14.0. The SMILES string of the molecule is CCC(CNC(=NC)NCc1ccc(OC)cc1)N1CCCC1.I. The van der Waals surface area contributed by atoms with Gasteiger partial charge in [0, 0.05) is 26.2 Å². The maximum Gasteiger partial charge on any atom is 0.191 e. The number of nitrogens with one attached hydrogen (secondary N) is 2. The van der Waals surface area contributed by atoms with Gasteiger partial charge in [-0.2, -0.15) is 0 Å². The van der Waals surface area contributed by atoms with Crippen LogP contribution in [-0.4, -0.2) is 50.7 Å². The molecular formula is C18H31IN4O. The Labute approximate surface area is 163 Å². The number of nitrogens with zero attached hydrogens (tertiary/aromatic N) is 2. The number of benzene rings is 1. The third-order valence-corrected chi connectivity index (χ3v) is 4.48. The fraction of sp³-hybridized carbons (Fsp3) is 0.611. The van der Waals surface area contributed by atoms with Crippen molar-refractivity contribution in [2.75, 3.05) is 33.8 Å². The monoisotopic (exact) mass is 446 g/mol. The van der Waals surface area contributed by atoms with E-state index in [-0.39, 0.29) is 24.0 Å². The van der Waals surface area contributed by atoms with E-state index in [9.17, 15) is 0 Å². The maximum absolute atomic E-state index is 5.18. The van der Waals surface area contributed by atoms with Crippen molar-refractivity contribution in [1.29, 1.82) is 0 Å². The Morgan fingerprint density at radius 2 is 1.88 bits per heavy atom. The summed E-state index contributed by atoms with van der Waals surface area (Å²) >= 11 is 0. The van der Waals surface area contributed by atoms with Crippen LogP contribution in [0.1, 0.15) is 31.7 Å². The van der Waals surface area contributed by atoms with Crippen LogP contribution < -0.4 is 15.4 Å². The molecule has 24 heavy (non-hydrogen) atoms. The molecule has 1 heterocycles. The molecule has 0 aromatic heterocycles. The molecule has 6 heteroatoms. The number of ether oxygens (including phenoxy) is 1. The first-order valence-electron chi connectivity index (χ1n) is 8.58. The van der Waals surface area contributed by atoms with E-state index in [0.29, 0.717) is 6.04 Å². The molecule has 0 bridgehead atoms. The van der Waals surface area contributed by atoms with Crippen molar-refractivity contribution in [3.63, 3.8) is 0 Å². The predicted molar refractivity (Wildman–Crippen MR) is 111 cm³/mol. The van der Waals surface area contributed by atoms with Crippen molar-refractivity contribution >= 4 is 29.9 Å². The summed E-state index contributed by atoms with van der Waals surface area (Å²) in [5.41, 5.74) is 1.21. The van der Waals surface area contributed by atoms with Crippen LogP contribution in [0.5, 0.6) is 5.75 Å². The Kier molecular flexibility index (Phi) is 10.1. The standard InChI is InChI=1S/C18H30N4O.HI/c1-4-16(22-11-5-6-12-22)14-21-18(19-2)20-13-15-7-9-17(23-3)10-8-15;/h7-10,16H,4-6,11-14H2,1-3H3,(H2,19,20,21);1H. The van der Waals surface area contributed by atoms with Gasteiger partial charge in [0.15, 0.2) is 5.96 Å². The zero-order valence-corrected chi connectivity index (χ0v) is 17.4. The van der Waals surface area contributed by atoms with Gasteiger partial charge in [-0.25, -0.2) is 0 Å². The number of hydrogen-bond acceptors (Lipinski definition) is 3. The Hall–Kier alpha value is -1.02. The van der Waals surface area contributed by atoms with Crippen molar-refractivity contribution in [3.05, 3.63) is 29.8 Å². The number of rotatable bonds is 7. The van der Waals surface area contributed by atoms with Gasteiger partial charge in [-0.3, -0.25) is 9.89 Å². The Balaban J connectivity index is 0.00000288. The largest absolute Gasteiger partial charge is 0.497 e. The number of aliphatic imine (C=N–C) groups is 1. The smallest absolute Gasteiger partial charge is 0.191 e. The topological polar surface area (TPSA) is 48.9 Å². The van der Waals surface area contributed by atoms with E-state index in [4.69, 9.17) is 4.74 Å². The van der Waals surface area contributed by atoms with Gasteiger partial charge >= 0.3 is 0 Å². The van der Waals surface area contributed by atoms with Crippen LogP contribution >= 0.6 is 24.0 Å². The molecule has 0 spiro atoms. The van der Waals surface area contributed by atoms with Gasteiger partial charge in [-0.05, 0) is 50.0 Å². The minimum Gasteiger partial charge on any atom is -0.497 e. The summed E-state index contributed by atoms with van der Waals surface area (Å²) in [5, 5.41) is 6.84. The molecule has 1 aliphatic heterocycles. The normalized spacial score (nSPS) is 16.4. The Morgan fingerprint density at radius 3 is 2.42 bits per heavy atom. The molecule has 1 atom stereocenters. The van der Waals surface area contributed by atoms with Crippen LogP contribution in [0.4, 0.5) is 0 Å². The van der Waals surface area contributed by atoms with E-state index in [2.05, 4.69) is 39.6 Å². The number of methoxy groups -OCH3 is 1. The molecule has 5 nitrogen and oxygen atoms in total. The molecule has 0 amide bonds. The molecule has 0 saturated carbocycles. The van der Waals surface area contributed by atoms with E-state index in [1.165, 1.54) is 37.9 Å². The van der Waals surface area contributed by atoms with Gasteiger partial charge in [0.25, 0.3) is 0 Å². The van der Waals surface area contributed by atoms with Crippen LogP contribution in [0.15, 0.2) is 29.3 Å². The van der Waals surface area contributed by atoms with Crippen LogP contribution in [0.3, 0.4) is 0 Å². The molecule has 0 aliphatic carbocycles. The van der Waals surface area contributed by atoms with Gasteiger partial charge in [0.05, 0.1) is 7.11 Å². The molecule has 1 saturated heterocycles. The third kappa shape index (κ3) is 6.47. The molecule has 136 valence electrons. The first kappa shape index (κ1) is 21.0. The summed E-state index contributed by atoms with van der Waals surface area (Å²) in [6.07, 6.45) is 3.84. The highest BCUT2D eigenvalue weighted by Gasteiger charge is 2.20. The lowest BCUT2D eigenvalue weighted by molar-refractivity contribution is 0.236. The van der Waals surface area contributed by atoms with E-state index in [1.54, 1.807) is 7.11 Å². The van der Waals surface area contributed by atoms with Crippen molar-refractivity contribution < 1.29 is 4.74 Å². The van der Waals surface area contributed by atoms with Gasteiger partial charge in [0.1, 0.15) is 5.75 Å². The highest BCUT2D eigenvalue weighted by atomic mass is 127. The van der Waals surface area contributed by atoms with Crippen LogP contribution in [-0.2, 0) is 6.54 Å². The second-order valence-corrected chi connectivity index (χ2v) is 5.96. The lowest BCUT2D eigenvalue weighted by Crippen LogP contribution is -2.46. The molecule has 1 unspecified atom stereocenters. The fourth-order valence-corrected chi connectivity index (χ4v) is 3.00. The molecule has 1 aromatic carbocycles. The van der Waals surface area contributed by atoms with Crippen LogP contribution in [0.25, 0.3) is 0 Å². The van der Waals surface area contributed by atoms with Crippen LogP contribution in [0.2, 0.25) is 0 Å². The van der Waals surface area contributed by atoms with E-state index in [0.717, 1.165) is 24.8 Å². The average molecular weight is 446 g/mol. The molecule has 1 aromatic rings.